The molecule has 0 radical (unpaired) electrons. The van der Waals surface area contributed by atoms with Gasteiger partial charge in [-0.05, 0) is 36.1 Å². The Morgan fingerprint density at radius 2 is 2.10 bits per heavy atom. The fourth-order valence-corrected chi connectivity index (χ4v) is 5.05. The number of carbonyl (C=O) groups excluding carboxylic acids is 1. The van der Waals surface area contributed by atoms with Gasteiger partial charge in [0.2, 0.25) is 5.95 Å². The first-order valence-electron chi connectivity index (χ1n) is 9.37. The van der Waals surface area contributed by atoms with Crippen molar-refractivity contribution in [2.45, 2.75) is 24.8 Å². The maximum absolute atomic E-state index is 13.4. The monoisotopic (exact) mass is 408 g/mol. The van der Waals surface area contributed by atoms with Gasteiger partial charge in [0.1, 0.15) is 23.9 Å². The number of hydrogen-bond acceptors (Lipinski definition) is 7. The van der Waals surface area contributed by atoms with Crippen LogP contribution in [0.5, 0.6) is 11.5 Å². The average Bonchev–Trinajstić information content (AvgIpc) is 3.43. The molecule has 148 valence electrons. The van der Waals surface area contributed by atoms with E-state index in [1.165, 1.54) is 11.2 Å². The van der Waals surface area contributed by atoms with E-state index in [0.29, 0.717) is 23.9 Å². The minimum Gasteiger partial charge on any atom is -0.497 e. The minimum absolute atomic E-state index is 0.119. The Morgan fingerprint density at radius 3 is 2.86 bits per heavy atom. The van der Waals surface area contributed by atoms with Gasteiger partial charge in [-0.2, -0.15) is 10.1 Å². The first kappa shape index (κ1) is 17.9. The molecule has 2 unspecified atom stereocenters. The van der Waals surface area contributed by atoms with Crippen LogP contribution in [-0.2, 0) is 4.79 Å². The number of Topliss-reactive ketones (excluding diaryl/α,β-unsaturated/α-hetero) is 1. The lowest BCUT2D eigenvalue weighted by atomic mass is 9.80. The van der Waals surface area contributed by atoms with Crippen molar-refractivity contribution in [1.29, 1.82) is 0 Å². The van der Waals surface area contributed by atoms with E-state index in [4.69, 9.17) is 9.47 Å². The maximum Gasteiger partial charge on any atom is 0.226 e. The molecule has 3 heterocycles. The third-order valence-electron chi connectivity index (χ3n) is 5.54. The number of ketones is 1. The second kappa shape index (κ2) is 7.04. The van der Waals surface area contributed by atoms with E-state index < -0.39 is 6.04 Å². The van der Waals surface area contributed by atoms with Crippen molar-refractivity contribution < 1.29 is 14.3 Å². The summed E-state index contributed by atoms with van der Waals surface area (Å²) in [6.07, 6.45) is 2.74. The molecule has 1 aliphatic carbocycles. The van der Waals surface area contributed by atoms with Crippen LogP contribution < -0.4 is 14.8 Å². The number of aromatic nitrogens is 3. The van der Waals surface area contributed by atoms with Crippen molar-refractivity contribution in [3.8, 4) is 11.5 Å². The molecule has 2 aliphatic rings. The van der Waals surface area contributed by atoms with Gasteiger partial charge in [0, 0.05) is 34.0 Å². The van der Waals surface area contributed by atoms with Crippen LogP contribution in [-0.4, -0.2) is 34.8 Å². The SMILES string of the molecule is COc1ccc(OC)c(C2C3=C(CC(c4cccs4)CC3=O)Nc3ncnn32)c1. The summed E-state index contributed by atoms with van der Waals surface area (Å²) < 4.78 is 12.8. The third kappa shape index (κ3) is 2.91. The largest absolute Gasteiger partial charge is 0.497 e. The van der Waals surface area contributed by atoms with E-state index in [-0.39, 0.29) is 11.7 Å². The quantitative estimate of drug-likeness (QED) is 0.708. The molecule has 2 atom stereocenters. The molecule has 8 heteroatoms. The van der Waals surface area contributed by atoms with Crippen molar-refractivity contribution >= 4 is 23.1 Å². The molecule has 1 N–H and O–H groups in total. The van der Waals surface area contributed by atoms with Gasteiger partial charge >= 0.3 is 0 Å². The lowest BCUT2D eigenvalue weighted by Gasteiger charge is -2.35. The fraction of sp³-hybridized carbons (Fsp3) is 0.286. The topological polar surface area (TPSA) is 78.3 Å². The van der Waals surface area contributed by atoms with Gasteiger partial charge < -0.3 is 14.8 Å². The number of carbonyl (C=O) groups is 1. The number of allylic oxidation sites excluding steroid dienone is 2. The van der Waals surface area contributed by atoms with Gasteiger partial charge in [-0.15, -0.1) is 11.3 Å². The number of hydrogen-bond donors (Lipinski definition) is 1. The maximum atomic E-state index is 13.4. The number of thiophene rings is 1. The Kier molecular flexibility index (Phi) is 4.35. The zero-order valence-corrected chi connectivity index (χ0v) is 16.9. The first-order chi connectivity index (χ1) is 14.2. The van der Waals surface area contributed by atoms with Crippen LogP contribution in [0.1, 0.15) is 35.2 Å². The summed E-state index contributed by atoms with van der Waals surface area (Å²) in [7, 11) is 3.25. The summed E-state index contributed by atoms with van der Waals surface area (Å²) in [5, 5.41) is 9.80. The predicted octanol–water partition coefficient (Wildman–Crippen LogP) is 3.77. The van der Waals surface area contributed by atoms with Crippen LogP contribution in [0, 0.1) is 0 Å². The van der Waals surface area contributed by atoms with Gasteiger partial charge in [-0.3, -0.25) is 4.79 Å². The lowest BCUT2D eigenvalue weighted by molar-refractivity contribution is -0.116. The molecule has 0 bridgehead atoms. The minimum atomic E-state index is -0.411. The molecule has 0 fully saturated rings. The highest BCUT2D eigenvalue weighted by Gasteiger charge is 2.40. The number of methoxy groups -OCH3 is 2. The second-order valence-electron chi connectivity index (χ2n) is 7.10. The van der Waals surface area contributed by atoms with Crippen LogP contribution in [0.25, 0.3) is 0 Å². The molecule has 29 heavy (non-hydrogen) atoms. The second-order valence-corrected chi connectivity index (χ2v) is 8.08. The molecule has 0 amide bonds. The number of ether oxygens (including phenoxy) is 2. The highest BCUT2D eigenvalue weighted by Crippen LogP contribution is 2.46. The van der Waals surface area contributed by atoms with Crippen LogP contribution in [0.2, 0.25) is 0 Å². The lowest BCUT2D eigenvalue weighted by Crippen LogP contribution is -2.33. The molecule has 3 aromatic rings. The van der Waals surface area contributed by atoms with E-state index in [1.54, 1.807) is 30.2 Å². The van der Waals surface area contributed by atoms with Crippen molar-refractivity contribution in [3.05, 3.63) is 63.7 Å². The smallest absolute Gasteiger partial charge is 0.226 e. The Bertz CT molecular complexity index is 1100. The molecule has 7 nitrogen and oxygen atoms in total. The van der Waals surface area contributed by atoms with Crippen molar-refractivity contribution in [1.82, 2.24) is 14.8 Å². The summed E-state index contributed by atoms with van der Waals surface area (Å²) >= 11 is 1.69. The predicted molar refractivity (Wildman–Crippen MR) is 110 cm³/mol. The molecule has 0 saturated heterocycles. The summed E-state index contributed by atoms with van der Waals surface area (Å²) in [6.45, 7) is 0. The van der Waals surface area contributed by atoms with E-state index in [1.807, 2.05) is 24.3 Å². The van der Waals surface area contributed by atoms with Crippen molar-refractivity contribution in [3.63, 3.8) is 0 Å². The van der Waals surface area contributed by atoms with Gasteiger partial charge in [0.15, 0.2) is 5.78 Å². The van der Waals surface area contributed by atoms with Gasteiger partial charge in [-0.1, -0.05) is 6.07 Å². The number of nitrogens with one attached hydrogen (secondary N) is 1. The molecule has 0 saturated carbocycles. The van der Waals surface area contributed by atoms with Crippen LogP contribution >= 0.6 is 11.3 Å². The number of nitrogens with zero attached hydrogens (tertiary/aromatic N) is 3. The Hall–Kier alpha value is -3.13. The van der Waals surface area contributed by atoms with E-state index >= 15 is 0 Å². The average molecular weight is 408 g/mol. The zero-order chi connectivity index (χ0) is 20.0. The molecular formula is C21H20N4O3S. The van der Waals surface area contributed by atoms with Crippen LogP contribution in [0.15, 0.2) is 53.3 Å². The summed E-state index contributed by atoms with van der Waals surface area (Å²) in [5.41, 5.74) is 2.47. The summed E-state index contributed by atoms with van der Waals surface area (Å²) in [5.74, 6) is 2.30. The Balaban J connectivity index is 1.66. The molecular weight excluding hydrogens is 388 g/mol. The number of rotatable bonds is 4. The highest BCUT2D eigenvalue weighted by molar-refractivity contribution is 7.10. The van der Waals surface area contributed by atoms with Gasteiger partial charge in [-0.25, -0.2) is 4.68 Å². The Labute approximate surface area is 172 Å². The number of fused-ring (bicyclic) bond motifs is 1. The highest BCUT2D eigenvalue weighted by atomic mass is 32.1. The summed E-state index contributed by atoms with van der Waals surface area (Å²) in [6, 6.07) is 9.32. The third-order valence-corrected chi connectivity index (χ3v) is 6.57. The molecule has 0 spiro atoms. The van der Waals surface area contributed by atoms with Gasteiger partial charge in [0.05, 0.1) is 14.2 Å². The number of anilines is 1. The van der Waals surface area contributed by atoms with Crippen LogP contribution in [0.4, 0.5) is 5.95 Å². The Morgan fingerprint density at radius 1 is 1.21 bits per heavy atom. The van der Waals surface area contributed by atoms with Crippen LogP contribution in [0.3, 0.4) is 0 Å². The van der Waals surface area contributed by atoms with Gasteiger partial charge in [0.25, 0.3) is 0 Å². The van der Waals surface area contributed by atoms with E-state index in [0.717, 1.165) is 23.3 Å². The molecule has 1 aliphatic heterocycles. The fourth-order valence-electron chi connectivity index (χ4n) is 4.22. The van der Waals surface area contributed by atoms with Crippen molar-refractivity contribution in [2.24, 2.45) is 0 Å². The van der Waals surface area contributed by atoms with E-state index in [9.17, 15) is 4.79 Å². The first-order valence-corrected chi connectivity index (χ1v) is 10.3. The zero-order valence-electron chi connectivity index (χ0n) is 16.1. The molecule has 1 aromatic carbocycles. The normalized spacial score (nSPS) is 20.7. The summed E-state index contributed by atoms with van der Waals surface area (Å²) in [4.78, 5) is 19.0. The van der Waals surface area contributed by atoms with Crippen molar-refractivity contribution in [2.75, 3.05) is 19.5 Å². The molecule has 2 aromatic heterocycles. The number of benzene rings is 1. The standard InChI is InChI=1S/C21H20N4O3S/c1-27-13-5-6-17(28-2)14(10-13)20-19-15(24-21-22-11-23-25(20)21)8-12(9-16(19)26)18-4-3-7-29-18/h3-7,10-12,20H,8-9H2,1-2H3,(H,22,23,24). The molecule has 5 rings (SSSR count). The van der Waals surface area contributed by atoms with E-state index in [2.05, 4.69) is 26.8 Å².